The van der Waals surface area contributed by atoms with Crippen molar-refractivity contribution < 1.29 is 14.6 Å². The lowest BCUT2D eigenvalue weighted by molar-refractivity contribution is -0.143. The van der Waals surface area contributed by atoms with Crippen molar-refractivity contribution in [1.82, 2.24) is 0 Å². The largest absolute Gasteiger partial charge is 0.466 e. The molecule has 0 saturated carbocycles. The summed E-state index contributed by atoms with van der Waals surface area (Å²) in [7, 11) is 0. The monoisotopic (exact) mass is 146 g/mol. The van der Waals surface area contributed by atoms with Crippen molar-refractivity contribution in [1.29, 1.82) is 0 Å². The second-order valence-electron chi connectivity index (χ2n) is 2.19. The van der Waals surface area contributed by atoms with E-state index in [1.807, 2.05) is 0 Å². The number of esters is 1. The lowest BCUT2D eigenvalue weighted by Crippen LogP contribution is -2.08. The summed E-state index contributed by atoms with van der Waals surface area (Å²) in [6, 6.07) is 0. The molecule has 0 amide bonds. The van der Waals surface area contributed by atoms with Gasteiger partial charge >= 0.3 is 5.97 Å². The molecule has 0 unspecified atom stereocenters. The highest BCUT2D eigenvalue weighted by Crippen LogP contribution is 1.96. The first-order chi connectivity index (χ1) is 4.66. The zero-order chi connectivity index (χ0) is 7.98. The average molecular weight is 146 g/mol. The van der Waals surface area contributed by atoms with E-state index in [0.29, 0.717) is 19.4 Å². The number of carbonyl (C=O) groups excluding carboxylic acids is 1. The summed E-state index contributed by atoms with van der Waals surface area (Å²) in [6.07, 6.45) is 0.383. The number of aliphatic hydroxyl groups excluding tert-OH is 1. The Morgan fingerprint density at radius 3 is 2.70 bits per heavy atom. The van der Waals surface area contributed by atoms with Crippen LogP contribution in [0.4, 0.5) is 0 Å². The molecule has 0 aromatic carbocycles. The Labute approximate surface area is 61.0 Å². The van der Waals surface area contributed by atoms with Crippen molar-refractivity contribution in [3.8, 4) is 0 Å². The molecular formula is C7H14O3. The van der Waals surface area contributed by atoms with Crippen molar-refractivity contribution in [2.24, 2.45) is 0 Å². The van der Waals surface area contributed by atoms with Crippen LogP contribution in [0.3, 0.4) is 0 Å². The lowest BCUT2D eigenvalue weighted by Gasteiger charge is -2.02. The van der Waals surface area contributed by atoms with Gasteiger partial charge in [0.15, 0.2) is 0 Å². The highest BCUT2D eigenvalue weighted by Gasteiger charge is 2.03. The Bertz CT molecular complexity index is 99.0. The first-order valence-corrected chi connectivity index (χ1v) is 3.50. The minimum atomic E-state index is -0.413. The van der Waals surface area contributed by atoms with Gasteiger partial charge in [-0.15, -0.1) is 0 Å². The van der Waals surface area contributed by atoms with Crippen LogP contribution in [0.1, 0.15) is 26.7 Å². The van der Waals surface area contributed by atoms with Gasteiger partial charge in [0.1, 0.15) is 0 Å². The Hall–Kier alpha value is -0.570. The third-order valence-electron chi connectivity index (χ3n) is 1.07. The molecule has 0 saturated heterocycles. The van der Waals surface area contributed by atoms with Crippen LogP contribution in [0.15, 0.2) is 0 Å². The minimum Gasteiger partial charge on any atom is -0.466 e. The molecule has 0 aromatic rings. The molecule has 0 aliphatic heterocycles. The number of rotatable bonds is 4. The van der Waals surface area contributed by atoms with Gasteiger partial charge in [0.2, 0.25) is 0 Å². The maximum absolute atomic E-state index is 10.6. The summed E-state index contributed by atoms with van der Waals surface area (Å²) in [5.74, 6) is -0.233. The van der Waals surface area contributed by atoms with Crippen molar-refractivity contribution in [2.45, 2.75) is 32.8 Å². The van der Waals surface area contributed by atoms with Crippen molar-refractivity contribution in [3.63, 3.8) is 0 Å². The van der Waals surface area contributed by atoms with E-state index in [9.17, 15) is 4.79 Å². The predicted octanol–water partition coefficient (Wildman–Crippen LogP) is 0.710. The van der Waals surface area contributed by atoms with E-state index >= 15 is 0 Å². The molecule has 3 heteroatoms. The predicted molar refractivity (Wildman–Crippen MR) is 37.5 cm³/mol. The van der Waals surface area contributed by atoms with Gasteiger partial charge in [-0.25, -0.2) is 0 Å². The molecule has 0 spiro atoms. The fourth-order valence-electron chi connectivity index (χ4n) is 0.560. The molecule has 0 fully saturated rings. The summed E-state index contributed by atoms with van der Waals surface area (Å²) in [6.45, 7) is 3.83. The fourth-order valence-corrected chi connectivity index (χ4v) is 0.560. The molecule has 1 N–H and O–H groups in total. The molecule has 0 aromatic heterocycles. The highest BCUT2D eigenvalue weighted by atomic mass is 16.5. The van der Waals surface area contributed by atoms with Gasteiger partial charge in [-0.3, -0.25) is 4.79 Å². The molecule has 3 nitrogen and oxygen atoms in total. The van der Waals surface area contributed by atoms with Crippen LogP contribution in [0, 0.1) is 0 Å². The van der Waals surface area contributed by atoms with Gasteiger partial charge in [0.25, 0.3) is 0 Å². The third-order valence-corrected chi connectivity index (χ3v) is 1.07. The van der Waals surface area contributed by atoms with Gasteiger partial charge in [-0.05, 0) is 20.3 Å². The summed E-state index contributed by atoms with van der Waals surface area (Å²) in [5.41, 5.74) is 0. The number of carbonyl (C=O) groups is 1. The van der Waals surface area contributed by atoms with Crippen LogP contribution in [0.5, 0.6) is 0 Å². The average Bonchev–Trinajstić information content (AvgIpc) is 1.85. The third kappa shape index (κ3) is 5.56. The second kappa shape index (κ2) is 5.23. The summed E-state index contributed by atoms with van der Waals surface area (Å²) < 4.78 is 4.64. The first-order valence-electron chi connectivity index (χ1n) is 3.50. The Kier molecular flexibility index (Phi) is 4.94. The Balaban J connectivity index is 3.22. The number of aliphatic hydroxyl groups is 1. The van der Waals surface area contributed by atoms with Crippen molar-refractivity contribution in [3.05, 3.63) is 0 Å². The standard InChI is InChI=1S/C7H14O3/c1-3-10-7(9)5-4-6(2)8/h6,8H,3-5H2,1-2H3/t6-/m1/s1. The van der Waals surface area contributed by atoms with Crippen LogP contribution in [-0.4, -0.2) is 23.8 Å². The fraction of sp³-hybridized carbons (Fsp3) is 0.857. The Morgan fingerprint density at radius 2 is 2.30 bits per heavy atom. The van der Waals surface area contributed by atoms with Gasteiger partial charge in [-0.2, -0.15) is 0 Å². The smallest absolute Gasteiger partial charge is 0.305 e. The summed E-state index contributed by atoms with van der Waals surface area (Å²) in [5, 5.41) is 8.76. The lowest BCUT2D eigenvalue weighted by atomic mass is 10.2. The first kappa shape index (κ1) is 9.43. The zero-order valence-electron chi connectivity index (χ0n) is 6.46. The molecule has 0 rings (SSSR count). The molecule has 60 valence electrons. The normalized spacial score (nSPS) is 12.7. The quantitative estimate of drug-likeness (QED) is 0.594. The minimum absolute atomic E-state index is 0.233. The highest BCUT2D eigenvalue weighted by molar-refractivity contribution is 5.69. The van der Waals surface area contributed by atoms with Crippen LogP contribution in [0.2, 0.25) is 0 Å². The molecule has 0 aliphatic carbocycles. The van der Waals surface area contributed by atoms with E-state index in [2.05, 4.69) is 4.74 Å². The second-order valence-corrected chi connectivity index (χ2v) is 2.19. The topological polar surface area (TPSA) is 46.5 Å². The molecule has 0 radical (unpaired) electrons. The van der Waals surface area contributed by atoms with Crippen LogP contribution < -0.4 is 0 Å². The van der Waals surface area contributed by atoms with E-state index < -0.39 is 6.10 Å². The van der Waals surface area contributed by atoms with E-state index in [1.165, 1.54) is 0 Å². The van der Waals surface area contributed by atoms with E-state index in [0.717, 1.165) is 0 Å². The van der Waals surface area contributed by atoms with Crippen LogP contribution in [0.25, 0.3) is 0 Å². The van der Waals surface area contributed by atoms with E-state index in [1.54, 1.807) is 13.8 Å². The summed E-state index contributed by atoms with van der Waals surface area (Å²) >= 11 is 0. The van der Waals surface area contributed by atoms with Gasteiger partial charge in [-0.1, -0.05) is 0 Å². The molecule has 0 heterocycles. The van der Waals surface area contributed by atoms with Crippen molar-refractivity contribution in [2.75, 3.05) is 6.61 Å². The Morgan fingerprint density at radius 1 is 1.70 bits per heavy atom. The molecule has 0 bridgehead atoms. The molecule has 0 aliphatic rings. The van der Waals surface area contributed by atoms with Crippen LogP contribution in [-0.2, 0) is 9.53 Å². The summed E-state index contributed by atoms with van der Waals surface area (Å²) in [4.78, 5) is 10.6. The number of ether oxygens (including phenoxy) is 1. The van der Waals surface area contributed by atoms with Crippen LogP contribution >= 0.6 is 0 Å². The number of hydrogen-bond acceptors (Lipinski definition) is 3. The van der Waals surface area contributed by atoms with Crippen molar-refractivity contribution >= 4 is 5.97 Å². The van der Waals surface area contributed by atoms with Gasteiger partial charge in [0.05, 0.1) is 12.7 Å². The SMILES string of the molecule is CCOC(=O)CC[C@@H](C)O. The molecule has 1 atom stereocenters. The zero-order valence-corrected chi connectivity index (χ0v) is 6.46. The van der Waals surface area contributed by atoms with Gasteiger partial charge in [0, 0.05) is 6.42 Å². The van der Waals surface area contributed by atoms with E-state index in [4.69, 9.17) is 5.11 Å². The van der Waals surface area contributed by atoms with E-state index in [-0.39, 0.29) is 5.97 Å². The molecule has 10 heavy (non-hydrogen) atoms. The molecular weight excluding hydrogens is 132 g/mol. The maximum Gasteiger partial charge on any atom is 0.305 e. The maximum atomic E-state index is 10.6. The van der Waals surface area contributed by atoms with Gasteiger partial charge < -0.3 is 9.84 Å². The number of hydrogen-bond donors (Lipinski definition) is 1.